The Balaban J connectivity index is 1.58. The van der Waals surface area contributed by atoms with Gasteiger partial charge in [-0.15, -0.1) is 11.3 Å². The van der Waals surface area contributed by atoms with Crippen LogP contribution in [0, 0.1) is 0 Å². The van der Waals surface area contributed by atoms with E-state index >= 15 is 0 Å². The molecule has 158 valence electrons. The van der Waals surface area contributed by atoms with Crippen LogP contribution in [0.3, 0.4) is 0 Å². The molecule has 0 bridgehead atoms. The van der Waals surface area contributed by atoms with Crippen LogP contribution in [0.15, 0.2) is 48.5 Å². The van der Waals surface area contributed by atoms with E-state index in [-0.39, 0.29) is 24.4 Å². The van der Waals surface area contributed by atoms with Gasteiger partial charge in [0.25, 0.3) is 5.91 Å². The van der Waals surface area contributed by atoms with Gasteiger partial charge in [0, 0.05) is 24.3 Å². The van der Waals surface area contributed by atoms with Crippen LogP contribution in [-0.2, 0) is 4.79 Å². The highest BCUT2D eigenvalue weighted by atomic mass is 32.1. The van der Waals surface area contributed by atoms with Gasteiger partial charge in [-0.1, -0.05) is 12.1 Å². The number of aromatic nitrogens is 1. The highest BCUT2D eigenvalue weighted by molar-refractivity contribution is 7.18. The van der Waals surface area contributed by atoms with Crippen LogP contribution >= 0.6 is 11.3 Å². The summed E-state index contributed by atoms with van der Waals surface area (Å²) in [6.45, 7) is 7.57. The zero-order valence-electron chi connectivity index (χ0n) is 17.9. The fraction of sp³-hybridized carbons (Fsp3) is 0.348. The molecule has 3 aromatic rings. The van der Waals surface area contributed by atoms with Gasteiger partial charge in [-0.3, -0.25) is 14.5 Å². The molecule has 0 saturated heterocycles. The van der Waals surface area contributed by atoms with Gasteiger partial charge in [0.1, 0.15) is 5.01 Å². The number of fused-ring (bicyclic) bond motifs is 1. The molecule has 2 amide bonds. The lowest BCUT2D eigenvalue weighted by Crippen LogP contribution is -2.32. The Morgan fingerprint density at radius 1 is 1.07 bits per heavy atom. The van der Waals surface area contributed by atoms with Crippen molar-refractivity contribution >= 4 is 39.1 Å². The van der Waals surface area contributed by atoms with Crippen LogP contribution in [0.5, 0.6) is 0 Å². The lowest BCUT2D eigenvalue weighted by Gasteiger charge is -2.22. The molecular weight excluding hydrogens is 396 g/mol. The molecular formula is C23H28N4O2S. The minimum atomic E-state index is -0.103. The molecule has 0 aliphatic heterocycles. The zero-order valence-corrected chi connectivity index (χ0v) is 18.7. The van der Waals surface area contributed by atoms with Crippen molar-refractivity contribution in [2.45, 2.75) is 26.8 Å². The maximum absolute atomic E-state index is 12.5. The number of anilines is 1. The predicted octanol–water partition coefficient (Wildman–Crippen LogP) is 4.41. The van der Waals surface area contributed by atoms with E-state index in [1.54, 1.807) is 40.5 Å². The van der Waals surface area contributed by atoms with E-state index < -0.39 is 0 Å². The lowest BCUT2D eigenvalue weighted by molar-refractivity contribution is -0.117. The Morgan fingerprint density at radius 2 is 1.73 bits per heavy atom. The van der Waals surface area contributed by atoms with Crippen LogP contribution < -0.4 is 5.32 Å². The van der Waals surface area contributed by atoms with Gasteiger partial charge in [0.05, 0.1) is 22.8 Å². The number of amides is 2. The molecule has 1 atom stereocenters. The third-order valence-electron chi connectivity index (χ3n) is 5.19. The van der Waals surface area contributed by atoms with Gasteiger partial charge in [-0.05, 0) is 64.2 Å². The summed E-state index contributed by atoms with van der Waals surface area (Å²) in [5.41, 5.74) is 2.29. The van der Waals surface area contributed by atoms with E-state index in [0.29, 0.717) is 24.3 Å². The fourth-order valence-electron chi connectivity index (χ4n) is 3.21. The second-order valence-corrected chi connectivity index (χ2v) is 8.28. The van der Waals surface area contributed by atoms with Gasteiger partial charge in [0.15, 0.2) is 0 Å². The predicted molar refractivity (Wildman–Crippen MR) is 123 cm³/mol. The largest absolute Gasteiger partial charge is 0.339 e. The van der Waals surface area contributed by atoms with Crippen molar-refractivity contribution in [1.29, 1.82) is 0 Å². The molecule has 0 unspecified atom stereocenters. The summed E-state index contributed by atoms with van der Waals surface area (Å²) in [5.74, 6) is -0.101. The van der Waals surface area contributed by atoms with E-state index in [0.717, 1.165) is 15.2 Å². The molecule has 3 rings (SSSR count). The first-order chi connectivity index (χ1) is 14.4. The topological polar surface area (TPSA) is 65.5 Å². The summed E-state index contributed by atoms with van der Waals surface area (Å²) in [5, 5.41) is 3.90. The van der Waals surface area contributed by atoms with Gasteiger partial charge >= 0.3 is 0 Å². The third-order valence-corrected chi connectivity index (χ3v) is 6.39. The van der Waals surface area contributed by atoms with Crippen molar-refractivity contribution in [3.63, 3.8) is 0 Å². The van der Waals surface area contributed by atoms with Crippen LogP contribution in [0.1, 0.15) is 42.2 Å². The summed E-state index contributed by atoms with van der Waals surface area (Å²) in [6.07, 6.45) is 0. The Kier molecular flexibility index (Phi) is 7.18. The number of carbonyl (C=O) groups excluding carboxylic acids is 2. The van der Waals surface area contributed by atoms with Crippen molar-refractivity contribution in [2.75, 3.05) is 32.0 Å². The van der Waals surface area contributed by atoms with E-state index in [4.69, 9.17) is 0 Å². The third kappa shape index (κ3) is 5.04. The maximum Gasteiger partial charge on any atom is 0.253 e. The molecule has 0 spiro atoms. The Morgan fingerprint density at radius 3 is 2.37 bits per heavy atom. The summed E-state index contributed by atoms with van der Waals surface area (Å²) in [7, 11) is 1.92. The monoisotopic (exact) mass is 424 g/mol. The smallest absolute Gasteiger partial charge is 0.253 e. The van der Waals surface area contributed by atoms with Crippen molar-refractivity contribution in [3.05, 3.63) is 59.1 Å². The van der Waals surface area contributed by atoms with Gasteiger partial charge in [-0.25, -0.2) is 4.98 Å². The van der Waals surface area contributed by atoms with Gasteiger partial charge < -0.3 is 10.2 Å². The summed E-state index contributed by atoms with van der Waals surface area (Å²) >= 11 is 1.65. The van der Waals surface area contributed by atoms with E-state index in [1.165, 1.54) is 0 Å². The Labute approximate surface area is 181 Å². The second-order valence-electron chi connectivity index (χ2n) is 7.21. The number of thiazole rings is 1. The van der Waals surface area contributed by atoms with E-state index in [2.05, 4.69) is 23.3 Å². The summed E-state index contributed by atoms with van der Waals surface area (Å²) in [4.78, 5) is 33.3. The molecule has 0 radical (unpaired) electrons. The lowest BCUT2D eigenvalue weighted by atomic mass is 10.1. The van der Waals surface area contributed by atoms with Crippen LogP contribution in [0.4, 0.5) is 5.69 Å². The summed E-state index contributed by atoms with van der Waals surface area (Å²) in [6, 6.07) is 15.1. The molecule has 0 aliphatic carbocycles. The molecule has 0 saturated carbocycles. The van der Waals surface area contributed by atoms with Crippen LogP contribution in [0.2, 0.25) is 0 Å². The molecule has 0 fully saturated rings. The van der Waals surface area contributed by atoms with E-state index in [1.807, 2.05) is 44.0 Å². The number of hydrogen-bond donors (Lipinski definition) is 1. The number of para-hydroxylation sites is 1. The number of benzene rings is 2. The number of likely N-dealkylation sites (N-methyl/N-ethyl adjacent to an activating group) is 1. The van der Waals surface area contributed by atoms with Crippen molar-refractivity contribution < 1.29 is 9.59 Å². The van der Waals surface area contributed by atoms with Crippen molar-refractivity contribution in [2.24, 2.45) is 0 Å². The standard InChI is InChI=1S/C23H28N4O2S/c1-5-27(6-2)23(29)17-11-13-18(14-12-17)24-21(28)15-26(4)16(3)22-25-19-9-7-8-10-20(19)30-22/h7-14,16H,5-6,15H2,1-4H3,(H,24,28)/t16-/m0/s1. The average molecular weight is 425 g/mol. The quantitative estimate of drug-likeness (QED) is 0.582. The first-order valence-corrected chi connectivity index (χ1v) is 11.0. The number of rotatable bonds is 8. The fourth-order valence-corrected chi connectivity index (χ4v) is 4.30. The number of carbonyl (C=O) groups is 2. The molecule has 1 heterocycles. The van der Waals surface area contributed by atoms with E-state index in [9.17, 15) is 9.59 Å². The molecule has 0 aliphatic rings. The first kappa shape index (κ1) is 21.9. The molecule has 2 aromatic carbocycles. The molecule has 1 N–H and O–H groups in total. The Hall–Kier alpha value is -2.77. The van der Waals surface area contributed by atoms with Gasteiger partial charge in [-0.2, -0.15) is 0 Å². The second kappa shape index (κ2) is 9.82. The van der Waals surface area contributed by atoms with Crippen molar-refractivity contribution in [1.82, 2.24) is 14.8 Å². The Bertz CT molecular complexity index is 978. The molecule has 6 nitrogen and oxygen atoms in total. The van der Waals surface area contributed by atoms with Crippen LogP contribution in [-0.4, -0.2) is 53.3 Å². The first-order valence-electron chi connectivity index (χ1n) is 10.2. The molecule has 7 heteroatoms. The van der Waals surface area contributed by atoms with Crippen LogP contribution in [0.25, 0.3) is 10.2 Å². The van der Waals surface area contributed by atoms with Crippen molar-refractivity contribution in [3.8, 4) is 0 Å². The highest BCUT2D eigenvalue weighted by Gasteiger charge is 2.19. The number of nitrogens with one attached hydrogen (secondary N) is 1. The molecule has 30 heavy (non-hydrogen) atoms. The van der Waals surface area contributed by atoms with Gasteiger partial charge in [0.2, 0.25) is 5.91 Å². The summed E-state index contributed by atoms with van der Waals surface area (Å²) < 4.78 is 1.15. The average Bonchev–Trinajstić information content (AvgIpc) is 3.18. The molecule has 1 aromatic heterocycles. The minimum Gasteiger partial charge on any atom is -0.339 e. The normalized spacial score (nSPS) is 12.2. The highest BCUT2D eigenvalue weighted by Crippen LogP contribution is 2.28. The zero-order chi connectivity index (χ0) is 21.7. The number of hydrogen-bond acceptors (Lipinski definition) is 5. The SMILES string of the molecule is CCN(CC)C(=O)c1ccc(NC(=O)CN(C)[C@@H](C)c2nc3ccccc3s2)cc1. The number of nitrogens with zero attached hydrogens (tertiary/aromatic N) is 3. The maximum atomic E-state index is 12.5. The minimum absolute atomic E-state index is 0.00210.